The van der Waals surface area contributed by atoms with Gasteiger partial charge in [-0.2, -0.15) is 0 Å². The van der Waals surface area contributed by atoms with Gasteiger partial charge in [0.2, 0.25) is 5.91 Å². The van der Waals surface area contributed by atoms with Crippen LogP contribution in [-0.2, 0) is 17.9 Å². The van der Waals surface area contributed by atoms with Gasteiger partial charge in [-0.3, -0.25) is 18.7 Å². The Kier molecular flexibility index (Phi) is 5.95. The second kappa shape index (κ2) is 8.66. The van der Waals surface area contributed by atoms with Crippen LogP contribution >= 0.6 is 34.5 Å². The van der Waals surface area contributed by atoms with Crippen LogP contribution in [0.1, 0.15) is 5.56 Å². The molecule has 4 rings (SSSR count). The molecule has 0 fully saturated rings. The molecule has 0 saturated carbocycles. The van der Waals surface area contributed by atoms with Gasteiger partial charge >= 0.3 is 5.69 Å². The molecule has 1 N–H and O–H groups in total. The van der Waals surface area contributed by atoms with E-state index in [2.05, 4.69) is 5.32 Å². The van der Waals surface area contributed by atoms with Gasteiger partial charge in [-0.05, 0) is 41.3 Å². The molecule has 6 nitrogen and oxygen atoms in total. The summed E-state index contributed by atoms with van der Waals surface area (Å²) in [6.45, 7) is -0.449. The number of anilines is 1. The third-order valence-electron chi connectivity index (χ3n) is 4.63. The van der Waals surface area contributed by atoms with Crippen molar-refractivity contribution in [3.63, 3.8) is 0 Å². The highest BCUT2D eigenvalue weighted by Crippen LogP contribution is 2.20. The molecule has 0 aliphatic carbocycles. The van der Waals surface area contributed by atoms with E-state index in [1.54, 1.807) is 35.7 Å². The number of carbonyl (C=O) groups excluding carboxylic acids is 1. The fourth-order valence-electron chi connectivity index (χ4n) is 3.15. The summed E-state index contributed by atoms with van der Waals surface area (Å²) in [6, 6.07) is 12.3. The van der Waals surface area contributed by atoms with Crippen molar-refractivity contribution in [2.75, 3.05) is 5.32 Å². The van der Waals surface area contributed by atoms with Crippen LogP contribution in [0.2, 0.25) is 10.0 Å². The molecule has 10 heteroatoms. The van der Waals surface area contributed by atoms with Crippen LogP contribution in [0, 0.1) is 5.82 Å². The Morgan fingerprint density at radius 2 is 1.84 bits per heavy atom. The molecule has 2 aromatic heterocycles. The Labute approximate surface area is 189 Å². The molecule has 0 atom stereocenters. The van der Waals surface area contributed by atoms with Crippen LogP contribution < -0.4 is 16.6 Å². The van der Waals surface area contributed by atoms with Gasteiger partial charge in [-0.1, -0.05) is 41.4 Å². The zero-order valence-electron chi connectivity index (χ0n) is 15.8. The van der Waals surface area contributed by atoms with Crippen LogP contribution in [-0.4, -0.2) is 15.0 Å². The highest BCUT2D eigenvalue weighted by molar-refractivity contribution is 7.17. The first kappa shape index (κ1) is 21.3. The predicted molar refractivity (Wildman–Crippen MR) is 121 cm³/mol. The first-order valence-corrected chi connectivity index (χ1v) is 10.7. The molecule has 31 heavy (non-hydrogen) atoms. The molecule has 0 saturated heterocycles. The predicted octanol–water partition coefficient (Wildman–Crippen LogP) is 4.36. The fraction of sp³-hybridized carbons (Fsp3) is 0.0952. The molecular formula is C21H14Cl2FN3O3S. The average Bonchev–Trinajstić information content (AvgIpc) is 3.22. The van der Waals surface area contributed by atoms with E-state index in [-0.39, 0.29) is 17.3 Å². The van der Waals surface area contributed by atoms with Gasteiger partial charge in [-0.15, -0.1) is 11.3 Å². The van der Waals surface area contributed by atoms with Gasteiger partial charge in [0, 0.05) is 10.0 Å². The normalized spacial score (nSPS) is 11.1. The topological polar surface area (TPSA) is 73.1 Å². The second-order valence-electron chi connectivity index (χ2n) is 6.66. The Bertz CT molecular complexity index is 1430. The van der Waals surface area contributed by atoms with E-state index >= 15 is 0 Å². The minimum absolute atomic E-state index is 0.0430. The third kappa shape index (κ3) is 4.27. The number of benzene rings is 2. The van der Waals surface area contributed by atoms with Crippen molar-refractivity contribution >= 4 is 56.3 Å². The van der Waals surface area contributed by atoms with Crippen LogP contribution in [0.15, 0.2) is 63.5 Å². The number of rotatable bonds is 5. The lowest BCUT2D eigenvalue weighted by molar-refractivity contribution is -0.116. The minimum atomic E-state index is -0.697. The molecule has 158 valence electrons. The molecule has 1 amide bonds. The SMILES string of the molecule is O=C(Cn1c(=O)n(Cc2ccccc2Cl)c(=O)c2sccc21)Nc1ccc(Cl)cc1F. The van der Waals surface area contributed by atoms with Gasteiger partial charge in [0.05, 0.1) is 17.7 Å². The summed E-state index contributed by atoms with van der Waals surface area (Å²) in [5.74, 6) is -1.32. The summed E-state index contributed by atoms with van der Waals surface area (Å²) < 4.78 is 16.6. The second-order valence-corrected chi connectivity index (χ2v) is 8.42. The van der Waals surface area contributed by atoms with Crippen LogP contribution in [0.3, 0.4) is 0 Å². The third-order valence-corrected chi connectivity index (χ3v) is 6.13. The number of hydrogen-bond acceptors (Lipinski definition) is 4. The fourth-order valence-corrected chi connectivity index (χ4v) is 4.34. The number of amides is 1. The summed E-state index contributed by atoms with van der Waals surface area (Å²) >= 11 is 13.1. The summed E-state index contributed by atoms with van der Waals surface area (Å²) in [5.41, 5.74) is -0.257. The minimum Gasteiger partial charge on any atom is -0.322 e. The lowest BCUT2D eigenvalue weighted by Gasteiger charge is -2.13. The van der Waals surface area contributed by atoms with Crippen LogP contribution in [0.4, 0.5) is 10.1 Å². The van der Waals surface area contributed by atoms with Crippen molar-refractivity contribution in [1.29, 1.82) is 0 Å². The number of hydrogen-bond donors (Lipinski definition) is 1. The maximum atomic E-state index is 14.0. The molecule has 2 heterocycles. The highest BCUT2D eigenvalue weighted by Gasteiger charge is 2.18. The number of nitrogens with zero attached hydrogens (tertiary/aromatic N) is 2. The summed E-state index contributed by atoms with van der Waals surface area (Å²) in [6.07, 6.45) is 0. The number of carbonyl (C=O) groups is 1. The first-order chi connectivity index (χ1) is 14.8. The average molecular weight is 478 g/mol. The van der Waals surface area contributed by atoms with Crippen molar-refractivity contribution in [2.45, 2.75) is 13.1 Å². The zero-order valence-corrected chi connectivity index (χ0v) is 18.1. The van der Waals surface area contributed by atoms with Crippen molar-refractivity contribution in [3.8, 4) is 0 Å². The van der Waals surface area contributed by atoms with Crippen molar-refractivity contribution in [2.24, 2.45) is 0 Å². The van der Waals surface area contributed by atoms with Crippen LogP contribution in [0.25, 0.3) is 10.2 Å². The Hall–Kier alpha value is -2.94. The maximum absolute atomic E-state index is 14.0. The Morgan fingerprint density at radius 3 is 2.58 bits per heavy atom. The molecule has 4 aromatic rings. The lowest BCUT2D eigenvalue weighted by atomic mass is 10.2. The van der Waals surface area contributed by atoms with Gasteiger partial charge in [0.25, 0.3) is 5.56 Å². The zero-order chi connectivity index (χ0) is 22.1. The van der Waals surface area contributed by atoms with Gasteiger partial charge < -0.3 is 5.32 Å². The molecular weight excluding hydrogens is 464 g/mol. The standard InChI is InChI=1S/C21H14Cl2FN3O3S/c22-13-5-6-16(15(24)9-13)25-18(28)11-26-17-7-8-31-19(17)20(29)27(21(26)30)10-12-3-1-2-4-14(12)23/h1-9H,10-11H2,(H,25,28). The van der Waals surface area contributed by atoms with E-state index in [0.29, 0.717) is 20.8 Å². The van der Waals surface area contributed by atoms with E-state index < -0.39 is 29.5 Å². The molecule has 0 aliphatic rings. The smallest absolute Gasteiger partial charge is 0.322 e. The number of fused-ring (bicyclic) bond motifs is 1. The highest BCUT2D eigenvalue weighted by atomic mass is 35.5. The largest absolute Gasteiger partial charge is 0.332 e. The summed E-state index contributed by atoms with van der Waals surface area (Å²) in [7, 11) is 0. The molecule has 0 unspecified atom stereocenters. The number of aromatic nitrogens is 2. The van der Waals surface area contributed by atoms with E-state index in [4.69, 9.17) is 23.2 Å². The molecule has 0 radical (unpaired) electrons. The van der Waals surface area contributed by atoms with Gasteiger partial charge in [0.15, 0.2) is 0 Å². The molecule has 2 aromatic carbocycles. The number of thiophene rings is 1. The van der Waals surface area contributed by atoms with Gasteiger partial charge in [-0.25, -0.2) is 9.18 Å². The first-order valence-electron chi connectivity index (χ1n) is 9.04. The summed E-state index contributed by atoms with van der Waals surface area (Å²) in [4.78, 5) is 38.6. The molecule has 0 bridgehead atoms. The molecule has 0 spiro atoms. The molecule has 0 aliphatic heterocycles. The van der Waals surface area contributed by atoms with Gasteiger partial charge in [0.1, 0.15) is 17.1 Å². The Balaban J connectivity index is 1.73. The van der Waals surface area contributed by atoms with Crippen molar-refractivity contribution < 1.29 is 9.18 Å². The van der Waals surface area contributed by atoms with E-state index in [1.165, 1.54) is 28.0 Å². The monoisotopic (exact) mass is 477 g/mol. The summed E-state index contributed by atoms with van der Waals surface area (Å²) in [5, 5.41) is 4.70. The quantitative estimate of drug-likeness (QED) is 0.464. The number of nitrogens with one attached hydrogen (secondary N) is 1. The Morgan fingerprint density at radius 1 is 1.06 bits per heavy atom. The van der Waals surface area contributed by atoms with E-state index in [0.717, 1.165) is 10.6 Å². The number of halogens is 3. The maximum Gasteiger partial charge on any atom is 0.332 e. The van der Waals surface area contributed by atoms with E-state index in [1.807, 2.05) is 0 Å². The van der Waals surface area contributed by atoms with Crippen molar-refractivity contribution in [3.05, 3.63) is 96.2 Å². The van der Waals surface area contributed by atoms with E-state index in [9.17, 15) is 18.8 Å². The van der Waals surface area contributed by atoms with Crippen LogP contribution in [0.5, 0.6) is 0 Å². The van der Waals surface area contributed by atoms with Crippen molar-refractivity contribution in [1.82, 2.24) is 9.13 Å². The lowest BCUT2D eigenvalue weighted by Crippen LogP contribution is -2.41.